The average Bonchev–Trinajstić information content (AvgIpc) is 2.28. The zero-order valence-corrected chi connectivity index (χ0v) is 13.2. The number of aliphatic carboxylic acids is 1. The Kier molecular flexibility index (Phi) is 5.39. The number of likely N-dealkylation sites (N-methyl/N-ethyl adjacent to an activating group) is 2. The number of rotatable bonds is 6. The molecule has 1 N–H and O–H groups in total. The van der Waals surface area contributed by atoms with Crippen molar-refractivity contribution in [3.8, 4) is 0 Å². The Morgan fingerprint density at radius 2 is 1.75 bits per heavy atom. The highest BCUT2D eigenvalue weighted by Gasteiger charge is 2.41. The van der Waals surface area contributed by atoms with Gasteiger partial charge in [-0.1, -0.05) is 0 Å². The third-order valence-electron chi connectivity index (χ3n) is 4.27. The normalized spacial score (nSPS) is 16.9. The number of hydrogen-bond acceptors (Lipinski definition) is 3. The van der Waals surface area contributed by atoms with E-state index in [0.29, 0.717) is 6.54 Å². The predicted molar refractivity (Wildman–Crippen MR) is 77.8 cm³/mol. The molecule has 0 atom stereocenters. The minimum absolute atomic E-state index is 0.0519. The van der Waals surface area contributed by atoms with Gasteiger partial charge in [-0.05, 0) is 47.2 Å². The highest BCUT2D eigenvalue weighted by Crippen LogP contribution is 2.36. The number of carboxylic acid groups (broad SMARTS) is 1. The van der Waals surface area contributed by atoms with Crippen LogP contribution in [0.4, 0.5) is 4.79 Å². The van der Waals surface area contributed by atoms with Crippen LogP contribution >= 0.6 is 0 Å². The van der Waals surface area contributed by atoms with Gasteiger partial charge in [0.15, 0.2) is 0 Å². The van der Waals surface area contributed by atoms with Gasteiger partial charge in [-0.3, -0.25) is 4.79 Å². The molecule has 1 aliphatic rings. The summed E-state index contributed by atoms with van der Waals surface area (Å²) in [5, 5.41) is 8.92. The predicted octanol–water partition coefficient (Wildman–Crippen LogP) is 1.32. The summed E-state index contributed by atoms with van der Waals surface area (Å²) in [5.41, 5.74) is 0.0519. The van der Waals surface area contributed by atoms with Gasteiger partial charge in [-0.25, -0.2) is 4.79 Å². The van der Waals surface area contributed by atoms with Crippen molar-refractivity contribution in [2.75, 3.05) is 34.2 Å². The Morgan fingerprint density at radius 3 is 2.05 bits per heavy atom. The van der Waals surface area contributed by atoms with Crippen LogP contribution in [0.2, 0.25) is 0 Å². The second-order valence-corrected chi connectivity index (χ2v) is 6.23. The summed E-state index contributed by atoms with van der Waals surface area (Å²) < 4.78 is 0. The van der Waals surface area contributed by atoms with Crippen molar-refractivity contribution in [3.63, 3.8) is 0 Å². The molecule has 0 heterocycles. The number of urea groups is 1. The maximum Gasteiger partial charge on any atom is 0.323 e. The van der Waals surface area contributed by atoms with Crippen LogP contribution in [0.5, 0.6) is 0 Å². The molecule has 0 aliphatic heterocycles. The molecule has 0 radical (unpaired) electrons. The van der Waals surface area contributed by atoms with E-state index in [-0.39, 0.29) is 24.2 Å². The zero-order valence-electron chi connectivity index (χ0n) is 13.2. The highest BCUT2D eigenvalue weighted by molar-refractivity contribution is 5.80. The standard InChI is InChI=1S/C14H27N3O3/c1-11(2)17(9-12(18)19)13(20)16(5)10-14(15(3)4)7-6-8-14/h11H,6-10H2,1-5H3,(H,18,19). The Morgan fingerprint density at radius 1 is 1.20 bits per heavy atom. The van der Waals surface area contributed by atoms with Gasteiger partial charge in [-0.2, -0.15) is 0 Å². The molecule has 20 heavy (non-hydrogen) atoms. The zero-order chi connectivity index (χ0) is 15.5. The molecule has 0 unspecified atom stereocenters. The Balaban J connectivity index is 2.71. The van der Waals surface area contributed by atoms with Crippen LogP contribution in [0.25, 0.3) is 0 Å². The van der Waals surface area contributed by atoms with Crippen molar-refractivity contribution >= 4 is 12.0 Å². The lowest BCUT2D eigenvalue weighted by Crippen LogP contribution is -2.59. The van der Waals surface area contributed by atoms with E-state index in [4.69, 9.17) is 5.11 Å². The summed E-state index contributed by atoms with van der Waals surface area (Å²) in [6.07, 6.45) is 3.35. The molecular formula is C14H27N3O3. The second kappa shape index (κ2) is 6.43. The highest BCUT2D eigenvalue weighted by atomic mass is 16.4. The first-order valence-corrected chi connectivity index (χ1v) is 7.10. The van der Waals surface area contributed by atoms with Gasteiger partial charge in [0.1, 0.15) is 6.54 Å². The fraction of sp³-hybridized carbons (Fsp3) is 0.857. The number of hydrogen-bond donors (Lipinski definition) is 1. The van der Waals surface area contributed by atoms with Crippen LogP contribution in [0, 0.1) is 0 Å². The van der Waals surface area contributed by atoms with E-state index in [9.17, 15) is 9.59 Å². The summed E-state index contributed by atoms with van der Waals surface area (Å²) in [7, 11) is 5.83. The van der Waals surface area contributed by atoms with E-state index in [1.54, 1.807) is 11.9 Å². The molecule has 0 aromatic rings. The third kappa shape index (κ3) is 3.62. The fourth-order valence-electron chi connectivity index (χ4n) is 2.68. The second-order valence-electron chi connectivity index (χ2n) is 6.23. The molecule has 0 aromatic heterocycles. The first kappa shape index (κ1) is 16.8. The lowest BCUT2D eigenvalue weighted by molar-refractivity contribution is -0.138. The van der Waals surface area contributed by atoms with Crippen molar-refractivity contribution in [1.82, 2.24) is 14.7 Å². The van der Waals surface area contributed by atoms with Gasteiger partial charge < -0.3 is 19.8 Å². The fourth-order valence-corrected chi connectivity index (χ4v) is 2.68. The van der Waals surface area contributed by atoms with E-state index in [2.05, 4.69) is 4.90 Å². The molecule has 1 saturated carbocycles. The molecule has 116 valence electrons. The summed E-state index contributed by atoms with van der Waals surface area (Å²) in [4.78, 5) is 28.5. The van der Waals surface area contributed by atoms with Crippen molar-refractivity contribution in [2.45, 2.75) is 44.7 Å². The van der Waals surface area contributed by atoms with Crippen molar-refractivity contribution in [3.05, 3.63) is 0 Å². The average molecular weight is 285 g/mol. The van der Waals surface area contributed by atoms with Gasteiger partial charge in [0.2, 0.25) is 0 Å². The summed E-state index contributed by atoms with van der Waals surface area (Å²) in [6, 6.07) is -0.340. The van der Waals surface area contributed by atoms with E-state index in [1.807, 2.05) is 27.9 Å². The van der Waals surface area contributed by atoms with E-state index in [0.717, 1.165) is 12.8 Å². The molecule has 2 amide bonds. The van der Waals surface area contributed by atoms with E-state index >= 15 is 0 Å². The Hall–Kier alpha value is -1.30. The maximum atomic E-state index is 12.4. The summed E-state index contributed by atoms with van der Waals surface area (Å²) in [5.74, 6) is -0.980. The van der Waals surface area contributed by atoms with Crippen LogP contribution in [0.1, 0.15) is 33.1 Å². The molecule has 1 rings (SSSR count). The minimum Gasteiger partial charge on any atom is -0.480 e. The van der Waals surface area contributed by atoms with Gasteiger partial charge in [-0.15, -0.1) is 0 Å². The van der Waals surface area contributed by atoms with Gasteiger partial charge in [0.25, 0.3) is 0 Å². The largest absolute Gasteiger partial charge is 0.480 e. The molecule has 1 fully saturated rings. The van der Waals surface area contributed by atoms with E-state index < -0.39 is 5.97 Å². The van der Waals surface area contributed by atoms with Crippen LogP contribution in [-0.4, -0.2) is 77.6 Å². The van der Waals surface area contributed by atoms with Crippen LogP contribution in [0.3, 0.4) is 0 Å². The van der Waals surface area contributed by atoms with Crippen molar-refractivity contribution < 1.29 is 14.7 Å². The Bertz CT molecular complexity index is 365. The minimum atomic E-state index is -0.980. The topological polar surface area (TPSA) is 64.1 Å². The molecule has 0 aromatic carbocycles. The third-order valence-corrected chi connectivity index (χ3v) is 4.27. The van der Waals surface area contributed by atoms with Crippen LogP contribution in [0.15, 0.2) is 0 Å². The lowest BCUT2D eigenvalue weighted by atomic mass is 9.75. The summed E-state index contributed by atoms with van der Waals surface area (Å²) in [6.45, 7) is 4.05. The molecule has 1 aliphatic carbocycles. The molecular weight excluding hydrogens is 258 g/mol. The molecule has 6 heteroatoms. The number of carboxylic acids is 1. The van der Waals surface area contributed by atoms with Gasteiger partial charge >= 0.3 is 12.0 Å². The number of nitrogens with zero attached hydrogens (tertiary/aromatic N) is 3. The first-order chi connectivity index (χ1) is 9.19. The lowest BCUT2D eigenvalue weighted by Gasteiger charge is -2.49. The quantitative estimate of drug-likeness (QED) is 0.799. The van der Waals surface area contributed by atoms with Crippen LogP contribution < -0.4 is 0 Å². The maximum absolute atomic E-state index is 12.4. The monoisotopic (exact) mass is 285 g/mol. The van der Waals surface area contributed by atoms with Crippen molar-refractivity contribution in [1.29, 1.82) is 0 Å². The van der Waals surface area contributed by atoms with Gasteiger partial charge in [0.05, 0.1) is 0 Å². The Labute approximate surface area is 121 Å². The first-order valence-electron chi connectivity index (χ1n) is 7.10. The van der Waals surface area contributed by atoms with Crippen molar-refractivity contribution in [2.24, 2.45) is 0 Å². The molecule has 0 saturated heterocycles. The smallest absolute Gasteiger partial charge is 0.323 e. The molecule has 0 spiro atoms. The molecule has 6 nitrogen and oxygen atoms in total. The SMILES string of the molecule is CC(C)N(CC(=O)O)C(=O)N(C)CC1(N(C)C)CCC1. The number of carbonyl (C=O) groups is 2. The van der Waals surface area contributed by atoms with E-state index in [1.165, 1.54) is 11.3 Å². The number of carbonyl (C=O) groups excluding carboxylic acids is 1. The number of amides is 2. The molecule has 0 bridgehead atoms. The van der Waals surface area contributed by atoms with Gasteiger partial charge in [0, 0.05) is 25.2 Å². The van der Waals surface area contributed by atoms with Crippen LogP contribution in [-0.2, 0) is 4.79 Å². The summed E-state index contributed by atoms with van der Waals surface area (Å²) >= 11 is 0.